The van der Waals surface area contributed by atoms with Crippen LogP contribution in [0.25, 0.3) is 0 Å². The van der Waals surface area contributed by atoms with Gasteiger partial charge in [-0.05, 0) is 12.0 Å². The maximum absolute atomic E-state index is 11.5. The van der Waals surface area contributed by atoms with E-state index in [-0.39, 0.29) is 6.42 Å². The largest absolute Gasteiger partial charge is 0.480 e. The van der Waals surface area contributed by atoms with Crippen molar-refractivity contribution in [2.24, 2.45) is 5.41 Å². The van der Waals surface area contributed by atoms with Crippen molar-refractivity contribution in [1.82, 2.24) is 0 Å². The van der Waals surface area contributed by atoms with Crippen LogP contribution in [0.2, 0.25) is 0 Å². The molecule has 1 aromatic carbocycles. The fourth-order valence-corrected chi connectivity index (χ4v) is 2.31. The summed E-state index contributed by atoms with van der Waals surface area (Å²) < 4.78 is 0. The summed E-state index contributed by atoms with van der Waals surface area (Å²) in [6.07, 6.45) is 0.628. The van der Waals surface area contributed by atoms with Crippen LogP contribution in [0.3, 0.4) is 0 Å². The van der Waals surface area contributed by atoms with Crippen molar-refractivity contribution in [2.45, 2.75) is 32.6 Å². The van der Waals surface area contributed by atoms with E-state index in [0.29, 0.717) is 6.42 Å². The zero-order valence-corrected chi connectivity index (χ0v) is 10.6. The molecule has 4 heteroatoms. The van der Waals surface area contributed by atoms with Gasteiger partial charge in [0.25, 0.3) is 0 Å². The van der Waals surface area contributed by atoms with Gasteiger partial charge in [-0.3, -0.25) is 9.59 Å². The van der Waals surface area contributed by atoms with Crippen LogP contribution in [0, 0.1) is 5.41 Å². The molecule has 0 bridgehead atoms. The summed E-state index contributed by atoms with van der Waals surface area (Å²) in [6, 6.07) is 8.92. The van der Waals surface area contributed by atoms with E-state index in [1.165, 1.54) is 0 Å². The van der Waals surface area contributed by atoms with E-state index in [1.807, 2.05) is 6.07 Å². The summed E-state index contributed by atoms with van der Waals surface area (Å²) in [6.45, 7) is 3.45. The van der Waals surface area contributed by atoms with Gasteiger partial charge in [-0.15, -0.1) is 0 Å². The molecule has 1 rings (SSSR count). The van der Waals surface area contributed by atoms with Crippen molar-refractivity contribution in [2.75, 3.05) is 0 Å². The van der Waals surface area contributed by atoms with Gasteiger partial charge in [0.2, 0.25) is 0 Å². The zero-order chi connectivity index (χ0) is 13.8. The highest BCUT2D eigenvalue weighted by molar-refractivity contribution is 5.99. The van der Waals surface area contributed by atoms with Gasteiger partial charge in [0.15, 0.2) is 5.41 Å². The number of carbonyl (C=O) groups is 2. The zero-order valence-electron chi connectivity index (χ0n) is 10.6. The molecule has 0 saturated heterocycles. The first-order valence-corrected chi connectivity index (χ1v) is 5.98. The molecule has 0 aromatic heterocycles. The first-order chi connectivity index (χ1) is 8.46. The van der Waals surface area contributed by atoms with E-state index in [1.54, 1.807) is 38.1 Å². The number of carboxylic acids is 2. The van der Waals surface area contributed by atoms with Crippen molar-refractivity contribution in [3.05, 3.63) is 35.9 Å². The van der Waals surface area contributed by atoms with Crippen LogP contribution in [-0.2, 0) is 9.59 Å². The molecule has 0 aliphatic heterocycles. The molecule has 98 valence electrons. The Labute approximate surface area is 106 Å². The lowest BCUT2D eigenvalue weighted by atomic mass is 9.70. The maximum Gasteiger partial charge on any atom is 0.321 e. The molecule has 2 N–H and O–H groups in total. The van der Waals surface area contributed by atoms with Crippen LogP contribution in [-0.4, -0.2) is 22.2 Å². The topological polar surface area (TPSA) is 74.6 Å². The third-order valence-corrected chi connectivity index (χ3v) is 3.45. The van der Waals surface area contributed by atoms with Gasteiger partial charge in [0.05, 0.1) is 0 Å². The predicted octanol–water partition coefficient (Wildman–Crippen LogP) is 2.75. The van der Waals surface area contributed by atoms with Gasteiger partial charge in [-0.1, -0.05) is 50.6 Å². The van der Waals surface area contributed by atoms with Crippen molar-refractivity contribution in [1.29, 1.82) is 0 Å². The third-order valence-electron chi connectivity index (χ3n) is 3.45. The SMILES string of the molecule is CCCC(C(=O)O)(C(=O)O)C(C)c1ccccc1. The second-order valence-corrected chi connectivity index (χ2v) is 4.46. The van der Waals surface area contributed by atoms with E-state index >= 15 is 0 Å². The van der Waals surface area contributed by atoms with Crippen LogP contribution in [0.1, 0.15) is 38.2 Å². The lowest BCUT2D eigenvalue weighted by Gasteiger charge is -2.31. The lowest BCUT2D eigenvalue weighted by molar-refractivity contribution is -0.167. The van der Waals surface area contributed by atoms with Gasteiger partial charge in [-0.25, -0.2) is 0 Å². The standard InChI is InChI=1S/C14H18O4/c1-3-9-14(12(15)16,13(17)18)10(2)11-7-5-4-6-8-11/h4-8,10H,3,9H2,1-2H3,(H,15,16)(H,17,18). The van der Waals surface area contributed by atoms with E-state index in [4.69, 9.17) is 0 Å². The Balaban J connectivity index is 3.26. The Morgan fingerprint density at radius 2 is 1.67 bits per heavy atom. The van der Waals surface area contributed by atoms with Gasteiger partial charge < -0.3 is 10.2 Å². The highest BCUT2D eigenvalue weighted by atomic mass is 16.4. The Kier molecular flexibility index (Phi) is 4.48. The summed E-state index contributed by atoms with van der Waals surface area (Å²) in [5.41, 5.74) is -1.02. The molecule has 1 atom stereocenters. The van der Waals surface area contributed by atoms with Gasteiger partial charge in [0.1, 0.15) is 0 Å². The third kappa shape index (κ3) is 2.37. The molecule has 0 radical (unpaired) electrons. The quantitative estimate of drug-likeness (QED) is 0.761. The summed E-state index contributed by atoms with van der Waals surface area (Å²) in [5.74, 6) is -3.12. The molecular weight excluding hydrogens is 232 g/mol. The van der Waals surface area contributed by atoms with Crippen molar-refractivity contribution in [3.8, 4) is 0 Å². The summed E-state index contributed by atoms with van der Waals surface area (Å²) in [7, 11) is 0. The van der Waals surface area contributed by atoms with E-state index < -0.39 is 23.3 Å². The van der Waals surface area contributed by atoms with Crippen LogP contribution in [0.5, 0.6) is 0 Å². The highest BCUT2D eigenvalue weighted by Crippen LogP contribution is 2.40. The number of aliphatic carboxylic acids is 2. The van der Waals surface area contributed by atoms with Crippen molar-refractivity contribution in [3.63, 3.8) is 0 Å². The van der Waals surface area contributed by atoms with Gasteiger partial charge in [0, 0.05) is 5.92 Å². The second-order valence-electron chi connectivity index (χ2n) is 4.46. The van der Waals surface area contributed by atoms with Crippen LogP contribution in [0.15, 0.2) is 30.3 Å². The number of hydrogen-bond donors (Lipinski definition) is 2. The molecule has 4 nitrogen and oxygen atoms in total. The number of benzene rings is 1. The molecule has 0 fully saturated rings. The summed E-state index contributed by atoms with van der Waals surface area (Å²) in [4.78, 5) is 23.0. The molecule has 0 aliphatic carbocycles. The monoisotopic (exact) mass is 250 g/mol. The normalized spacial score (nSPS) is 13.0. The molecule has 0 heterocycles. The smallest absolute Gasteiger partial charge is 0.321 e. The average Bonchev–Trinajstić information content (AvgIpc) is 2.35. The van der Waals surface area contributed by atoms with Crippen LogP contribution >= 0.6 is 0 Å². The summed E-state index contributed by atoms with van der Waals surface area (Å²) >= 11 is 0. The fourth-order valence-electron chi connectivity index (χ4n) is 2.31. The van der Waals surface area contributed by atoms with E-state index in [9.17, 15) is 19.8 Å². The van der Waals surface area contributed by atoms with Gasteiger partial charge >= 0.3 is 11.9 Å². The van der Waals surface area contributed by atoms with Crippen LogP contribution < -0.4 is 0 Å². The molecule has 0 spiro atoms. The minimum atomic E-state index is -1.75. The Hall–Kier alpha value is -1.84. The highest BCUT2D eigenvalue weighted by Gasteiger charge is 2.50. The minimum Gasteiger partial charge on any atom is -0.480 e. The minimum absolute atomic E-state index is 0.119. The molecule has 0 aliphatic rings. The summed E-state index contributed by atoms with van der Waals surface area (Å²) in [5, 5.41) is 18.8. The average molecular weight is 250 g/mol. The molecule has 0 amide bonds. The Morgan fingerprint density at radius 1 is 1.17 bits per heavy atom. The lowest BCUT2D eigenvalue weighted by Crippen LogP contribution is -2.43. The predicted molar refractivity (Wildman–Crippen MR) is 67.5 cm³/mol. The number of carboxylic acid groups (broad SMARTS) is 2. The molecule has 1 aromatic rings. The van der Waals surface area contributed by atoms with E-state index in [2.05, 4.69) is 0 Å². The molecule has 18 heavy (non-hydrogen) atoms. The molecular formula is C14H18O4. The van der Waals surface area contributed by atoms with Crippen molar-refractivity contribution < 1.29 is 19.8 Å². The fraction of sp³-hybridized carbons (Fsp3) is 0.429. The van der Waals surface area contributed by atoms with Crippen LogP contribution in [0.4, 0.5) is 0 Å². The Bertz CT molecular complexity index is 411. The van der Waals surface area contributed by atoms with Crippen molar-refractivity contribution >= 4 is 11.9 Å². The Morgan fingerprint density at radius 3 is 2.06 bits per heavy atom. The maximum atomic E-state index is 11.5. The molecule has 0 saturated carbocycles. The number of rotatable bonds is 6. The van der Waals surface area contributed by atoms with Gasteiger partial charge in [-0.2, -0.15) is 0 Å². The second kappa shape index (κ2) is 5.67. The first-order valence-electron chi connectivity index (χ1n) is 5.98. The first kappa shape index (κ1) is 14.2. The van der Waals surface area contributed by atoms with E-state index in [0.717, 1.165) is 5.56 Å². The number of hydrogen-bond acceptors (Lipinski definition) is 2. The molecule has 1 unspecified atom stereocenters.